The lowest BCUT2D eigenvalue weighted by Gasteiger charge is -2.26. The second kappa shape index (κ2) is 9.67. The Labute approximate surface area is 162 Å². The first-order valence-electron chi connectivity index (χ1n) is 8.44. The molecule has 2 aromatic carbocycles. The molecule has 0 atom stereocenters. The third-order valence-corrected chi connectivity index (χ3v) is 4.39. The van der Waals surface area contributed by atoms with Crippen LogP contribution >= 0.6 is 24.0 Å². The molecule has 1 aliphatic heterocycles. The van der Waals surface area contributed by atoms with Crippen LogP contribution in [0.3, 0.4) is 0 Å². The number of benzene rings is 2. The Kier molecular flexibility index (Phi) is 7.56. The van der Waals surface area contributed by atoms with E-state index in [1.165, 1.54) is 11.1 Å². The summed E-state index contributed by atoms with van der Waals surface area (Å²) in [6.07, 6.45) is 2.21. The third kappa shape index (κ3) is 4.97. The lowest BCUT2D eigenvalue weighted by Crippen LogP contribution is -2.42. The Morgan fingerprint density at radius 1 is 1.00 bits per heavy atom. The van der Waals surface area contributed by atoms with Gasteiger partial charge in [-0.1, -0.05) is 60.7 Å². The third-order valence-electron chi connectivity index (χ3n) is 4.39. The van der Waals surface area contributed by atoms with Crippen molar-refractivity contribution in [1.82, 2.24) is 10.2 Å². The van der Waals surface area contributed by atoms with Gasteiger partial charge >= 0.3 is 0 Å². The topological polar surface area (TPSA) is 27.6 Å². The van der Waals surface area contributed by atoms with E-state index in [9.17, 15) is 0 Å². The average molecular weight is 435 g/mol. The van der Waals surface area contributed by atoms with E-state index in [4.69, 9.17) is 0 Å². The van der Waals surface area contributed by atoms with E-state index in [0.717, 1.165) is 38.4 Å². The lowest BCUT2D eigenvalue weighted by molar-refractivity contribution is 0.444. The standard InChI is InChI=1S/C20H25N3.HI/c1-23-16-8-14-21-20(23)22-15-13-19(17-9-4-2-5-10-17)18-11-6-3-7-12-18;/h2-7,9-12,19H,8,13-16H2,1H3,(H,21,22);1H. The number of nitrogens with zero attached hydrogens (tertiary/aromatic N) is 2. The summed E-state index contributed by atoms with van der Waals surface area (Å²) in [5.74, 6) is 1.45. The molecule has 0 aliphatic carbocycles. The molecule has 3 nitrogen and oxygen atoms in total. The number of guanidine groups is 1. The molecule has 0 aromatic heterocycles. The summed E-state index contributed by atoms with van der Waals surface area (Å²) in [6, 6.07) is 21.5. The fourth-order valence-electron chi connectivity index (χ4n) is 3.14. The van der Waals surface area contributed by atoms with Gasteiger partial charge in [-0.2, -0.15) is 0 Å². The van der Waals surface area contributed by atoms with E-state index in [0.29, 0.717) is 5.92 Å². The van der Waals surface area contributed by atoms with E-state index in [1.54, 1.807) is 0 Å². The number of aliphatic imine (C=N–C) groups is 1. The summed E-state index contributed by atoms with van der Waals surface area (Å²) in [7, 11) is 2.11. The Hall–Kier alpha value is -1.56. The molecule has 0 bridgehead atoms. The van der Waals surface area contributed by atoms with Gasteiger partial charge in [0.2, 0.25) is 0 Å². The van der Waals surface area contributed by atoms with Gasteiger partial charge in [-0.15, -0.1) is 24.0 Å². The zero-order valence-electron chi connectivity index (χ0n) is 14.2. The molecule has 2 aromatic rings. The van der Waals surface area contributed by atoms with Crippen molar-refractivity contribution in [3.63, 3.8) is 0 Å². The maximum absolute atomic E-state index is 4.58. The van der Waals surface area contributed by atoms with Crippen LogP contribution in [0.4, 0.5) is 0 Å². The smallest absolute Gasteiger partial charge is 0.193 e. The van der Waals surface area contributed by atoms with Gasteiger partial charge < -0.3 is 10.2 Å². The highest BCUT2D eigenvalue weighted by atomic mass is 127. The van der Waals surface area contributed by atoms with Gasteiger partial charge in [0.15, 0.2) is 5.96 Å². The molecular formula is C20H26IN3. The van der Waals surface area contributed by atoms with Crippen LogP contribution in [0.15, 0.2) is 65.7 Å². The Morgan fingerprint density at radius 2 is 1.58 bits per heavy atom. The van der Waals surface area contributed by atoms with Gasteiger partial charge in [-0.3, -0.25) is 4.99 Å². The summed E-state index contributed by atoms with van der Waals surface area (Å²) in [5.41, 5.74) is 2.75. The fraction of sp³-hybridized carbons (Fsp3) is 0.350. The molecule has 1 aliphatic rings. The van der Waals surface area contributed by atoms with Crippen LogP contribution in [0, 0.1) is 0 Å². The second-order valence-corrected chi connectivity index (χ2v) is 6.07. The normalized spacial score (nSPS) is 14.1. The van der Waals surface area contributed by atoms with Crippen LogP contribution in [0.25, 0.3) is 0 Å². The monoisotopic (exact) mass is 435 g/mol. The van der Waals surface area contributed by atoms with Gasteiger partial charge in [0.05, 0.1) is 0 Å². The Bertz CT molecular complexity index is 588. The van der Waals surface area contributed by atoms with Crippen LogP contribution in [-0.2, 0) is 0 Å². The minimum Gasteiger partial charge on any atom is -0.356 e. The Morgan fingerprint density at radius 3 is 2.12 bits per heavy atom. The summed E-state index contributed by atoms with van der Waals surface area (Å²) in [5, 5.41) is 3.52. The predicted octanol–water partition coefficient (Wildman–Crippen LogP) is 4.11. The van der Waals surface area contributed by atoms with Crippen molar-refractivity contribution in [3.05, 3.63) is 71.8 Å². The van der Waals surface area contributed by atoms with Crippen LogP contribution in [0.1, 0.15) is 29.9 Å². The number of halogens is 1. The number of hydrogen-bond acceptors (Lipinski definition) is 3. The molecule has 128 valence electrons. The van der Waals surface area contributed by atoms with Gasteiger partial charge in [-0.25, -0.2) is 0 Å². The molecule has 0 spiro atoms. The first kappa shape index (κ1) is 18.8. The van der Waals surface area contributed by atoms with Crippen LogP contribution in [-0.4, -0.2) is 37.5 Å². The van der Waals surface area contributed by atoms with Gasteiger partial charge in [0.25, 0.3) is 0 Å². The largest absolute Gasteiger partial charge is 0.356 e. The van der Waals surface area contributed by atoms with Gasteiger partial charge in [-0.05, 0) is 24.0 Å². The van der Waals surface area contributed by atoms with E-state index in [-0.39, 0.29) is 24.0 Å². The zero-order valence-corrected chi connectivity index (χ0v) is 16.5. The first-order chi connectivity index (χ1) is 11.3. The zero-order chi connectivity index (χ0) is 15.9. The molecule has 24 heavy (non-hydrogen) atoms. The van der Waals surface area contributed by atoms with E-state index >= 15 is 0 Å². The van der Waals surface area contributed by atoms with Crippen molar-refractivity contribution >= 4 is 29.9 Å². The second-order valence-electron chi connectivity index (χ2n) is 6.07. The summed E-state index contributed by atoms with van der Waals surface area (Å²) >= 11 is 0. The minimum absolute atomic E-state index is 0. The van der Waals surface area contributed by atoms with Crippen molar-refractivity contribution in [2.45, 2.75) is 18.8 Å². The Balaban J connectivity index is 0.00000208. The van der Waals surface area contributed by atoms with Crippen LogP contribution in [0.2, 0.25) is 0 Å². The van der Waals surface area contributed by atoms with E-state index < -0.39 is 0 Å². The number of rotatable bonds is 5. The quantitative estimate of drug-likeness (QED) is 0.717. The van der Waals surface area contributed by atoms with Crippen molar-refractivity contribution in [3.8, 4) is 0 Å². The van der Waals surface area contributed by atoms with E-state index in [2.05, 4.69) is 82.9 Å². The SMILES string of the molecule is CN1CCCN=C1NCCC(c1ccccc1)c1ccccc1.I. The molecule has 3 rings (SSSR count). The molecular weight excluding hydrogens is 409 g/mol. The maximum atomic E-state index is 4.58. The van der Waals surface area contributed by atoms with Gasteiger partial charge in [0.1, 0.15) is 0 Å². The molecule has 0 fully saturated rings. The minimum atomic E-state index is 0. The van der Waals surface area contributed by atoms with Crippen molar-refractivity contribution in [2.75, 3.05) is 26.7 Å². The summed E-state index contributed by atoms with van der Waals surface area (Å²) in [4.78, 5) is 6.80. The first-order valence-corrected chi connectivity index (χ1v) is 8.44. The lowest BCUT2D eigenvalue weighted by atomic mass is 9.88. The highest BCUT2D eigenvalue weighted by Gasteiger charge is 2.15. The number of nitrogens with one attached hydrogen (secondary N) is 1. The van der Waals surface area contributed by atoms with Crippen molar-refractivity contribution in [1.29, 1.82) is 0 Å². The highest BCUT2D eigenvalue weighted by Crippen LogP contribution is 2.27. The van der Waals surface area contributed by atoms with Crippen molar-refractivity contribution < 1.29 is 0 Å². The molecule has 1 N–H and O–H groups in total. The fourth-order valence-corrected chi connectivity index (χ4v) is 3.14. The molecule has 0 unspecified atom stereocenters. The average Bonchev–Trinajstić information content (AvgIpc) is 2.62. The molecule has 0 saturated heterocycles. The molecule has 0 amide bonds. The summed E-state index contributed by atoms with van der Waals surface area (Å²) in [6.45, 7) is 2.96. The highest BCUT2D eigenvalue weighted by molar-refractivity contribution is 14.0. The van der Waals surface area contributed by atoms with Crippen molar-refractivity contribution in [2.24, 2.45) is 4.99 Å². The summed E-state index contributed by atoms with van der Waals surface area (Å²) < 4.78 is 0. The van der Waals surface area contributed by atoms with Gasteiger partial charge in [0, 0.05) is 32.6 Å². The van der Waals surface area contributed by atoms with Crippen LogP contribution in [0.5, 0.6) is 0 Å². The molecule has 4 heteroatoms. The maximum Gasteiger partial charge on any atom is 0.193 e. The molecule has 0 saturated carbocycles. The predicted molar refractivity (Wildman–Crippen MR) is 112 cm³/mol. The molecule has 0 radical (unpaired) electrons. The number of hydrogen-bond donors (Lipinski definition) is 1. The van der Waals surface area contributed by atoms with Crippen LogP contribution < -0.4 is 5.32 Å². The molecule has 1 heterocycles. The van der Waals surface area contributed by atoms with E-state index in [1.807, 2.05) is 0 Å².